The fourth-order valence-electron chi connectivity index (χ4n) is 6.92. The maximum Gasteiger partial charge on any atom is 0.326 e. The molecule has 0 radical (unpaired) electrons. The van der Waals surface area contributed by atoms with Crippen LogP contribution in [0.4, 0.5) is 0 Å². The zero-order valence-corrected chi connectivity index (χ0v) is 37.0. The number of para-hydroxylation sites is 1. The van der Waals surface area contributed by atoms with Gasteiger partial charge in [-0.3, -0.25) is 28.8 Å². The number of carboxylic acid groups (broad SMARTS) is 1. The first-order chi connectivity index (χ1) is 29.3. The molecule has 0 spiro atoms. The molecule has 7 atom stereocenters. The number of rotatable bonds is 25. The molecule has 0 saturated carbocycles. The molecule has 1 heterocycles. The smallest absolute Gasteiger partial charge is 0.326 e. The van der Waals surface area contributed by atoms with E-state index in [2.05, 4.69) is 36.9 Å². The van der Waals surface area contributed by atoms with Crippen LogP contribution in [-0.2, 0) is 46.4 Å². The first kappa shape index (κ1) is 50.5. The Bertz CT molecular complexity index is 1970. The number of carboxylic acids is 1. The first-order valence-corrected chi connectivity index (χ1v) is 21.4. The number of fused-ring (bicyclic) bond motifs is 1. The highest BCUT2D eigenvalue weighted by Gasteiger charge is 2.36. The van der Waals surface area contributed by atoms with Gasteiger partial charge in [-0.05, 0) is 74.1 Å². The summed E-state index contributed by atoms with van der Waals surface area (Å²) in [6, 6.07) is 8.65. The van der Waals surface area contributed by atoms with Crippen molar-refractivity contribution >= 4 is 52.3 Å². The summed E-state index contributed by atoms with van der Waals surface area (Å²) in [5, 5.41) is 26.9. The van der Waals surface area contributed by atoms with Crippen molar-refractivity contribution in [3.05, 3.63) is 71.9 Å². The van der Waals surface area contributed by atoms with E-state index < -0.39 is 95.5 Å². The molecule has 6 amide bonds. The molecular weight excluding hydrogens is 795 g/mol. The number of nitrogens with one attached hydrogen (secondary N) is 7. The van der Waals surface area contributed by atoms with E-state index in [1.807, 2.05) is 56.3 Å². The molecule has 17 nitrogen and oxygen atoms in total. The number of carbonyl (C=O) groups is 7. The van der Waals surface area contributed by atoms with Gasteiger partial charge in [-0.25, -0.2) is 4.79 Å². The Morgan fingerprint density at radius 1 is 0.597 bits per heavy atom. The van der Waals surface area contributed by atoms with E-state index in [1.165, 1.54) is 6.92 Å². The average molecular weight is 862 g/mol. The minimum Gasteiger partial charge on any atom is -0.480 e. The zero-order valence-electron chi connectivity index (χ0n) is 37.0. The maximum atomic E-state index is 14.4. The summed E-state index contributed by atoms with van der Waals surface area (Å²) >= 11 is 0. The number of benzene rings is 2. The lowest BCUT2D eigenvalue weighted by atomic mass is 9.97. The summed E-state index contributed by atoms with van der Waals surface area (Å²) in [6.45, 7) is 12.4. The van der Waals surface area contributed by atoms with Crippen molar-refractivity contribution in [2.75, 3.05) is 6.54 Å². The molecule has 0 fully saturated rings. The SMILES string of the molecule is CC(C)C[C@@H](NC(=O)[C@@H](CCCCN)NC(=O)[C@H](NC(=O)[C@H](NC(=O)[C@@H](Cc1c[nH]c2ccccc12)NC(=O)[C@@H](Cc1ccccc1)NC(=O)[C@@H](C)N)C(C)C)C(C)C)C(=O)O. The second-order valence-corrected chi connectivity index (χ2v) is 17.0. The van der Waals surface area contributed by atoms with E-state index in [0.29, 0.717) is 24.9 Å². The fraction of sp³-hybridized carbons (Fsp3) is 0.533. The normalized spacial score (nSPS) is 14.8. The van der Waals surface area contributed by atoms with E-state index >= 15 is 0 Å². The van der Waals surface area contributed by atoms with Gasteiger partial charge in [0.25, 0.3) is 0 Å². The van der Waals surface area contributed by atoms with E-state index in [0.717, 1.165) is 16.5 Å². The molecule has 0 aliphatic rings. The molecule has 1 aromatic heterocycles. The van der Waals surface area contributed by atoms with Crippen LogP contribution in [-0.4, -0.2) is 100 Å². The number of carbonyl (C=O) groups excluding carboxylic acids is 6. The third-order valence-electron chi connectivity index (χ3n) is 10.5. The molecule has 0 unspecified atom stereocenters. The number of hydrogen-bond acceptors (Lipinski definition) is 9. The number of amides is 6. The van der Waals surface area contributed by atoms with Gasteiger partial charge in [-0.2, -0.15) is 0 Å². The first-order valence-electron chi connectivity index (χ1n) is 21.4. The van der Waals surface area contributed by atoms with E-state index in [-0.39, 0.29) is 31.6 Å². The molecule has 62 heavy (non-hydrogen) atoms. The summed E-state index contributed by atoms with van der Waals surface area (Å²) in [4.78, 5) is 97.8. The molecule has 0 bridgehead atoms. The van der Waals surface area contributed by atoms with Gasteiger partial charge in [-0.1, -0.05) is 90.1 Å². The number of unbranched alkanes of at least 4 members (excludes halogenated alkanes) is 1. The number of aromatic nitrogens is 1. The highest BCUT2D eigenvalue weighted by molar-refractivity contribution is 5.97. The van der Waals surface area contributed by atoms with Crippen molar-refractivity contribution in [1.82, 2.24) is 36.9 Å². The topological polar surface area (TPSA) is 280 Å². The minimum absolute atomic E-state index is 0.0118. The van der Waals surface area contributed by atoms with Crippen molar-refractivity contribution in [2.24, 2.45) is 29.2 Å². The lowest BCUT2D eigenvalue weighted by Gasteiger charge is -2.30. The monoisotopic (exact) mass is 862 g/mol. The molecule has 0 saturated heterocycles. The predicted molar refractivity (Wildman–Crippen MR) is 237 cm³/mol. The second kappa shape index (κ2) is 24.6. The molecule has 12 N–H and O–H groups in total. The number of H-pyrrole nitrogens is 1. The standard InChI is InChI=1S/C45H67N9O8/c1-25(2)21-36(45(61)62)52-40(56)33(19-13-14-20-46)49-43(59)37(26(3)4)54-44(60)38(27(5)6)53-42(58)35(23-30-24-48-32-18-12-11-17-31(30)32)51-41(57)34(50-39(55)28(7)47)22-29-15-9-8-10-16-29/h8-12,15-18,24-28,33-38,48H,13-14,19-23,46-47H2,1-7H3,(H,49,59)(H,50,55)(H,51,57)(H,52,56)(H,53,58)(H,54,60)(H,61,62)/t28-,33-,34-,35-,36-,37-,38-/m1/s1. The lowest BCUT2D eigenvalue weighted by molar-refractivity contribution is -0.143. The van der Waals surface area contributed by atoms with Gasteiger partial charge in [0.1, 0.15) is 36.3 Å². The van der Waals surface area contributed by atoms with Crippen LogP contribution < -0.4 is 43.4 Å². The largest absolute Gasteiger partial charge is 0.480 e. The number of hydrogen-bond donors (Lipinski definition) is 10. The Morgan fingerprint density at radius 2 is 1.10 bits per heavy atom. The fourth-order valence-corrected chi connectivity index (χ4v) is 6.92. The number of aromatic amines is 1. The summed E-state index contributed by atoms with van der Waals surface area (Å²) in [7, 11) is 0. The van der Waals surface area contributed by atoms with Crippen LogP contribution in [0, 0.1) is 17.8 Å². The third kappa shape index (κ3) is 15.6. The summed E-state index contributed by atoms with van der Waals surface area (Å²) in [5.74, 6) is -6.12. The van der Waals surface area contributed by atoms with Crippen LogP contribution in [0.3, 0.4) is 0 Å². The van der Waals surface area contributed by atoms with Gasteiger partial charge >= 0.3 is 5.97 Å². The average Bonchev–Trinajstić information content (AvgIpc) is 3.62. The maximum absolute atomic E-state index is 14.4. The van der Waals surface area contributed by atoms with Gasteiger partial charge in [-0.15, -0.1) is 0 Å². The summed E-state index contributed by atoms with van der Waals surface area (Å²) in [5.41, 5.74) is 13.8. The van der Waals surface area contributed by atoms with Gasteiger partial charge in [0.2, 0.25) is 35.4 Å². The Morgan fingerprint density at radius 3 is 1.68 bits per heavy atom. The van der Waals surface area contributed by atoms with Crippen molar-refractivity contribution in [2.45, 2.75) is 129 Å². The Labute approximate surface area is 364 Å². The van der Waals surface area contributed by atoms with Crippen LogP contribution >= 0.6 is 0 Å². The van der Waals surface area contributed by atoms with E-state index in [9.17, 15) is 38.7 Å². The molecular formula is C45H67N9O8. The van der Waals surface area contributed by atoms with Gasteiger partial charge < -0.3 is 53.5 Å². The second-order valence-electron chi connectivity index (χ2n) is 17.0. The molecule has 0 aliphatic carbocycles. The van der Waals surface area contributed by atoms with Crippen LogP contribution in [0.5, 0.6) is 0 Å². The predicted octanol–water partition coefficient (Wildman–Crippen LogP) is 1.78. The molecule has 3 rings (SSSR count). The minimum atomic E-state index is -1.23. The molecule has 2 aromatic carbocycles. The molecule has 340 valence electrons. The van der Waals surface area contributed by atoms with Gasteiger partial charge in [0, 0.05) is 29.9 Å². The Kier molecular flexibility index (Phi) is 20.0. The number of nitrogens with two attached hydrogens (primary N) is 2. The lowest BCUT2D eigenvalue weighted by Crippen LogP contribution is -2.61. The quantitative estimate of drug-likeness (QED) is 0.0552. The highest BCUT2D eigenvalue weighted by Crippen LogP contribution is 2.20. The highest BCUT2D eigenvalue weighted by atomic mass is 16.4. The van der Waals surface area contributed by atoms with Crippen LogP contribution in [0.15, 0.2) is 60.8 Å². The summed E-state index contributed by atoms with van der Waals surface area (Å²) < 4.78 is 0. The van der Waals surface area contributed by atoms with Crippen molar-refractivity contribution in [3.63, 3.8) is 0 Å². The third-order valence-corrected chi connectivity index (χ3v) is 10.5. The zero-order chi connectivity index (χ0) is 46.1. The summed E-state index contributed by atoms with van der Waals surface area (Å²) in [6.07, 6.45) is 3.25. The van der Waals surface area contributed by atoms with Crippen LogP contribution in [0.25, 0.3) is 10.9 Å². The molecule has 17 heteroatoms. The Balaban J connectivity index is 1.89. The number of aliphatic carboxylic acids is 1. The molecule has 0 aliphatic heterocycles. The van der Waals surface area contributed by atoms with Crippen LogP contribution in [0.2, 0.25) is 0 Å². The van der Waals surface area contributed by atoms with Gasteiger partial charge in [0.15, 0.2) is 0 Å². The van der Waals surface area contributed by atoms with Crippen molar-refractivity contribution in [3.8, 4) is 0 Å². The van der Waals surface area contributed by atoms with Gasteiger partial charge in [0.05, 0.1) is 6.04 Å². The molecule has 3 aromatic rings. The van der Waals surface area contributed by atoms with Crippen LogP contribution in [0.1, 0.15) is 85.3 Å². The van der Waals surface area contributed by atoms with Crippen molar-refractivity contribution in [1.29, 1.82) is 0 Å². The van der Waals surface area contributed by atoms with E-state index in [4.69, 9.17) is 11.5 Å². The Hall–Kier alpha value is -5.81. The van der Waals surface area contributed by atoms with E-state index in [1.54, 1.807) is 46.0 Å². The van der Waals surface area contributed by atoms with Crippen molar-refractivity contribution < 1.29 is 38.7 Å².